The van der Waals surface area contributed by atoms with Gasteiger partial charge in [-0.15, -0.1) is 0 Å². The van der Waals surface area contributed by atoms with Crippen molar-refractivity contribution in [2.45, 2.75) is 13.0 Å². The van der Waals surface area contributed by atoms with Crippen LogP contribution in [0.4, 0.5) is 10.1 Å². The summed E-state index contributed by atoms with van der Waals surface area (Å²) in [5.74, 6) is -1.09. The van der Waals surface area contributed by atoms with E-state index in [0.717, 1.165) is 22.0 Å². The zero-order valence-corrected chi connectivity index (χ0v) is 21.5. The van der Waals surface area contributed by atoms with Gasteiger partial charge in [0.1, 0.15) is 12.4 Å². The van der Waals surface area contributed by atoms with Crippen molar-refractivity contribution in [2.24, 2.45) is 0 Å². The highest BCUT2D eigenvalue weighted by atomic mass is 19.1. The molecule has 4 aromatic rings. The van der Waals surface area contributed by atoms with E-state index < -0.39 is 10.8 Å². The third-order valence-electron chi connectivity index (χ3n) is 6.47. The number of ether oxygens (including phenoxy) is 1. The predicted molar refractivity (Wildman–Crippen MR) is 145 cm³/mol. The lowest BCUT2D eigenvalue weighted by atomic mass is 10.1. The van der Waals surface area contributed by atoms with Crippen molar-refractivity contribution >= 4 is 28.4 Å². The molecule has 0 aliphatic heterocycles. The van der Waals surface area contributed by atoms with Gasteiger partial charge in [-0.25, -0.2) is 4.39 Å². The summed E-state index contributed by atoms with van der Waals surface area (Å²) in [5, 5.41) is 12.1. The van der Waals surface area contributed by atoms with Crippen molar-refractivity contribution in [3.05, 3.63) is 112 Å². The standard InChI is InChI=1S/C29H29FN4O5/c1-39-17-16-33(29(36)22-8-12-25(13-9-22)34(37)38)20-28(35)32(19-21-6-10-24(30)11-7-21)15-14-23-18-31-27-5-3-2-4-26(23)27/h2-13,18,31H,14-17,19-20H2,1H3. The zero-order valence-electron chi connectivity index (χ0n) is 21.5. The molecule has 4 rings (SSSR count). The highest BCUT2D eigenvalue weighted by Gasteiger charge is 2.23. The first-order valence-electron chi connectivity index (χ1n) is 12.5. The molecule has 0 atom stereocenters. The van der Waals surface area contributed by atoms with Gasteiger partial charge < -0.3 is 19.5 Å². The molecule has 202 valence electrons. The average molecular weight is 533 g/mol. The summed E-state index contributed by atoms with van der Waals surface area (Å²) in [4.78, 5) is 43.6. The molecule has 0 spiro atoms. The first kappa shape index (κ1) is 27.5. The second-order valence-electron chi connectivity index (χ2n) is 9.07. The Morgan fingerprint density at radius 3 is 2.38 bits per heavy atom. The number of fused-ring (bicyclic) bond motifs is 1. The number of carbonyl (C=O) groups is 2. The largest absolute Gasteiger partial charge is 0.383 e. The number of hydrogen-bond donors (Lipinski definition) is 1. The Kier molecular flexibility index (Phi) is 9.01. The third-order valence-corrected chi connectivity index (χ3v) is 6.47. The van der Waals surface area contributed by atoms with Crippen LogP contribution in [-0.2, 0) is 22.5 Å². The van der Waals surface area contributed by atoms with E-state index in [0.29, 0.717) is 13.0 Å². The number of aromatic nitrogens is 1. The molecule has 0 unspecified atom stereocenters. The molecule has 0 bridgehead atoms. The second-order valence-corrected chi connectivity index (χ2v) is 9.07. The van der Waals surface area contributed by atoms with Crippen molar-refractivity contribution in [2.75, 3.05) is 33.4 Å². The van der Waals surface area contributed by atoms with Crippen LogP contribution in [0.5, 0.6) is 0 Å². The number of hydrogen-bond acceptors (Lipinski definition) is 5. The molecule has 0 aliphatic rings. The van der Waals surface area contributed by atoms with E-state index in [-0.39, 0.29) is 49.2 Å². The minimum absolute atomic E-state index is 0.131. The lowest BCUT2D eigenvalue weighted by molar-refractivity contribution is -0.384. The van der Waals surface area contributed by atoms with E-state index in [2.05, 4.69) is 4.98 Å². The lowest BCUT2D eigenvalue weighted by Crippen LogP contribution is -2.44. The van der Waals surface area contributed by atoms with E-state index in [4.69, 9.17) is 4.74 Å². The Bertz CT molecular complexity index is 1440. The number of nitrogens with one attached hydrogen (secondary N) is 1. The Hall–Kier alpha value is -4.57. The van der Waals surface area contributed by atoms with Gasteiger partial charge in [0.2, 0.25) is 5.91 Å². The molecule has 0 fully saturated rings. The smallest absolute Gasteiger partial charge is 0.269 e. The van der Waals surface area contributed by atoms with Crippen molar-refractivity contribution in [3.8, 4) is 0 Å². The number of nitro groups is 1. The monoisotopic (exact) mass is 532 g/mol. The van der Waals surface area contributed by atoms with Crippen LogP contribution in [0.2, 0.25) is 0 Å². The van der Waals surface area contributed by atoms with Crippen LogP contribution in [0, 0.1) is 15.9 Å². The molecule has 1 aromatic heterocycles. The molecular formula is C29H29FN4O5. The zero-order chi connectivity index (χ0) is 27.8. The van der Waals surface area contributed by atoms with Gasteiger partial charge >= 0.3 is 0 Å². The van der Waals surface area contributed by atoms with Crippen molar-refractivity contribution in [3.63, 3.8) is 0 Å². The molecule has 9 nitrogen and oxygen atoms in total. The van der Waals surface area contributed by atoms with Gasteiger partial charge in [0.15, 0.2) is 0 Å². The first-order valence-corrected chi connectivity index (χ1v) is 12.5. The Balaban J connectivity index is 1.54. The number of non-ortho nitro benzene ring substituents is 1. The van der Waals surface area contributed by atoms with Gasteiger partial charge in [-0.1, -0.05) is 30.3 Å². The fourth-order valence-electron chi connectivity index (χ4n) is 4.32. The highest BCUT2D eigenvalue weighted by molar-refractivity contribution is 5.96. The quantitative estimate of drug-likeness (QED) is 0.212. The molecule has 39 heavy (non-hydrogen) atoms. The molecule has 2 amide bonds. The number of halogens is 1. The van der Waals surface area contributed by atoms with Gasteiger partial charge in [-0.2, -0.15) is 0 Å². The summed E-state index contributed by atoms with van der Waals surface area (Å²) < 4.78 is 18.6. The van der Waals surface area contributed by atoms with E-state index in [1.54, 1.807) is 17.0 Å². The number of amides is 2. The minimum Gasteiger partial charge on any atom is -0.383 e. The number of carbonyl (C=O) groups excluding carboxylic acids is 2. The van der Waals surface area contributed by atoms with Crippen molar-refractivity contribution in [1.29, 1.82) is 0 Å². The first-order chi connectivity index (χ1) is 18.9. The molecule has 1 heterocycles. The maximum Gasteiger partial charge on any atom is 0.269 e. The molecule has 0 saturated carbocycles. The van der Waals surface area contributed by atoms with Crippen molar-refractivity contribution < 1.29 is 23.6 Å². The Labute approximate surface area is 224 Å². The number of benzene rings is 3. The molecule has 0 saturated heterocycles. The van der Waals surface area contributed by atoms with Crippen LogP contribution in [0.15, 0.2) is 79.0 Å². The van der Waals surface area contributed by atoms with E-state index >= 15 is 0 Å². The van der Waals surface area contributed by atoms with Gasteiger partial charge in [-0.3, -0.25) is 19.7 Å². The number of rotatable bonds is 12. The van der Waals surface area contributed by atoms with E-state index in [1.807, 2.05) is 30.5 Å². The summed E-state index contributed by atoms with van der Waals surface area (Å²) in [6.07, 6.45) is 2.50. The summed E-state index contributed by atoms with van der Waals surface area (Å²) >= 11 is 0. The summed E-state index contributed by atoms with van der Waals surface area (Å²) in [6.45, 7) is 0.770. The fourth-order valence-corrected chi connectivity index (χ4v) is 4.32. The molecule has 3 aromatic carbocycles. The Morgan fingerprint density at radius 2 is 1.69 bits per heavy atom. The molecular weight excluding hydrogens is 503 g/mol. The number of H-pyrrole nitrogens is 1. The number of para-hydroxylation sites is 1. The van der Waals surface area contributed by atoms with Crippen molar-refractivity contribution in [1.82, 2.24) is 14.8 Å². The average Bonchev–Trinajstić information content (AvgIpc) is 3.37. The molecule has 10 heteroatoms. The molecule has 0 aliphatic carbocycles. The Morgan fingerprint density at radius 1 is 0.974 bits per heavy atom. The minimum atomic E-state index is -0.540. The van der Waals surface area contributed by atoms with Crippen LogP contribution in [0.1, 0.15) is 21.5 Å². The van der Waals surface area contributed by atoms with Gasteiger partial charge in [0.25, 0.3) is 11.6 Å². The fraction of sp³-hybridized carbons (Fsp3) is 0.241. The summed E-state index contributed by atoms with van der Waals surface area (Å²) in [6, 6.07) is 19.1. The predicted octanol–water partition coefficient (Wildman–Crippen LogP) is 4.58. The third kappa shape index (κ3) is 7.05. The van der Waals surface area contributed by atoms with Crippen LogP contribution >= 0.6 is 0 Å². The van der Waals surface area contributed by atoms with Crippen LogP contribution in [0.3, 0.4) is 0 Å². The van der Waals surface area contributed by atoms with Crippen LogP contribution < -0.4 is 0 Å². The molecule has 0 radical (unpaired) electrons. The number of methoxy groups -OCH3 is 1. The summed E-state index contributed by atoms with van der Waals surface area (Å²) in [5.41, 5.74) is 2.92. The normalized spacial score (nSPS) is 10.9. The van der Waals surface area contributed by atoms with E-state index in [9.17, 15) is 24.1 Å². The lowest BCUT2D eigenvalue weighted by Gasteiger charge is -2.28. The summed E-state index contributed by atoms with van der Waals surface area (Å²) in [7, 11) is 1.50. The number of nitrogens with zero attached hydrogens (tertiary/aromatic N) is 3. The maximum absolute atomic E-state index is 13.6. The van der Waals surface area contributed by atoms with Gasteiger partial charge in [0.05, 0.1) is 11.5 Å². The highest BCUT2D eigenvalue weighted by Crippen LogP contribution is 2.19. The number of nitro benzene ring substituents is 1. The van der Waals surface area contributed by atoms with Gasteiger partial charge in [-0.05, 0) is 47.9 Å². The number of aromatic amines is 1. The second kappa shape index (κ2) is 12.8. The SMILES string of the molecule is COCCN(CC(=O)N(CCc1c[nH]c2ccccc12)Cc1ccc(F)cc1)C(=O)c1ccc([N+](=O)[O-])cc1. The van der Waals surface area contributed by atoms with Gasteiger partial charge in [0, 0.05) is 61.5 Å². The van der Waals surface area contributed by atoms with Crippen LogP contribution in [0.25, 0.3) is 10.9 Å². The topological polar surface area (TPSA) is 109 Å². The maximum atomic E-state index is 13.6. The van der Waals surface area contributed by atoms with E-state index in [1.165, 1.54) is 48.4 Å². The van der Waals surface area contributed by atoms with Crippen LogP contribution in [-0.4, -0.2) is 64.9 Å². The molecule has 1 N–H and O–H groups in total.